The minimum Gasteiger partial charge on any atom is -0.354 e. The van der Waals surface area contributed by atoms with Crippen LogP contribution in [0.2, 0.25) is 0 Å². The fourth-order valence-corrected chi connectivity index (χ4v) is 2.16. The van der Waals surface area contributed by atoms with E-state index in [2.05, 4.69) is 36.0 Å². The van der Waals surface area contributed by atoms with E-state index < -0.39 is 0 Å². The molecule has 1 atom stereocenters. The number of likely N-dealkylation sites (N-methyl/N-ethyl adjacent to an activating group) is 1. The van der Waals surface area contributed by atoms with Gasteiger partial charge >= 0.3 is 0 Å². The Labute approximate surface area is 140 Å². The van der Waals surface area contributed by atoms with Gasteiger partial charge in [0.25, 0.3) is 0 Å². The molecule has 20 heavy (non-hydrogen) atoms. The number of hydrogen-bond donors (Lipinski definition) is 1. The van der Waals surface area contributed by atoms with Gasteiger partial charge in [-0.25, -0.2) is 4.99 Å². The fourth-order valence-electron chi connectivity index (χ4n) is 2.16. The molecule has 1 N–H and O–H groups in total. The Hall–Kier alpha value is -0.530. The van der Waals surface area contributed by atoms with Crippen LogP contribution in [0.3, 0.4) is 0 Å². The maximum Gasteiger partial charge on any atom is 0.243 e. The Bertz CT molecular complexity index is 331. The van der Waals surface area contributed by atoms with Gasteiger partial charge in [-0.05, 0) is 32.6 Å². The number of likely N-dealkylation sites (tertiary alicyclic amines) is 1. The second-order valence-electron chi connectivity index (χ2n) is 5.92. The molecule has 1 heterocycles. The third kappa shape index (κ3) is 6.76. The minimum absolute atomic E-state index is 0. The predicted octanol–water partition coefficient (Wildman–Crippen LogP) is 1.78. The zero-order valence-electron chi connectivity index (χ0n) is 13.3. The topological polar surface area (TPSA) is 47.9 Å². The van der Waals surface area contributed by atoms with Gasteiger partial charge in [0, 0.05) is 33.2 Å². The van der Waals surface area contributed by atoms with E-state index in [1.54, 1.807) is 19.0 Å². The first-order valence-corrected chi connectivity index (χ1v) is 7.16. The van der Waals surface area contributed by atoms with E-state index in [0.717, 1.165) is 19.0 Å². The summed E-state index contributed by atoms with van der Waals surface area (Å²) in [5, 5.41) is 3.37. The van der Waals surface area contributed by atoms with Crippen LogP contribution in [-0.4, -0.2) is 61.4 Å². The van der Waals surface area contributed by atoms with Crippen molar-refractivity contribution in [3.63, 3.8) is 0 Å². The van der Waals surface area contributed by atoms with Crippen LogP contribution in [0.1, 0.15) is 33.6 Å². The Morgan fingerprint density at radius 1 is 1.45 bits per heavy atom. The molecule has 1 rings (SSSR count). The van der Waals surface area contributed by atoms with Crippen molar-refractivity contribution in [2.45, 2.75) is 39.7 Å². The Morgan fingerprint density at radius 3 is 2.60 bits per heavy atom. The average Bonchev–Trinajstić information content (AvgIpc) is 2.33. The molecular weight excluding hydrogens is 367 g/mol. The van der Waals surface area contributed by atoms with Crippen LogP contribution in [0, 0.1) is 5.92 Å². The van der Waals surface area contributed by atoms with Crippen molar-refractivity contribution in [3.8, 4) is 0 Å². The van der Waals surface area contributed by atoms with Crippen LogP contribution in [0.15, 0.2) is 4.99 Å². The molecule has 0 aliphatic carbocycles. The third-order valence-corrected chi connectivity index (χ3v) is 3.24. The summed E-state index contributed by atoms with van der Waals surface area (Å²) in [5.41, 5.74) is 0. The first-order chi connectivity index (χ1) is 8.90. The number of carbonyl (C=O) groups is 1. The molecule has 1 aliphatic rings. The van der Waals surface area contributed by atoms with E-state index in [0.29, 0.717) is 12.0 Å². The van der Waals surface area contributed by atoms with E-state index in [4.69, 9.17) is 0 Å². The van der Waals surface area contributed by atoms with Crippen LogP contribution >= 0.6 is 24.0 Å². The first kappa shape index (κ1) is 19.5. The number of piperidine rings is 1. The molecule has 118 valence electrons. The second-order valence-corrected chi connectivity index (χ2v) is 5.92. The lowest BCUT2D eigenvalue weighted by molar-refractivity contribution is -0.127. The highest BCUT2D eigenvalue weighted by Gasteiger charge is 2.20. The molecule has 1 unspecified atom stereocenters. The third-order valence-electron chi connectivity index (χ3n) is 3.24. The lowest BCUT2D eigenvalue weighted by Gasteiger charge is -2.34. The number of carbonyl (C=O) groups excluding carboxylic acids is 1. The number of nitrogens with one attached hydrogen (secondary N) is 1. The molecule has 1 amide bonds. The number of amides is 1. The van der Waals surface area contributed by atoms with Crippen LogP contribution in [0.4, 0.5) is 0 Å². The molecule has 1 aliphatic heterocycles. The van der Waals surface area contributed by atoms with Crippen molar-refractivity contribution in [1.82, 2.24) is 15.1 Å². The quantitative estimate of drug-likeness (QED) is 0.450. The number of nitrogens with zero attached hydrogens (tertiary/aromatic N) is 3. The summed E-state index contributed by atoms with van der Waals surface area (Å²) in [6.45, 7) is 8.72. The number of rotatable bonds is 3. The molecule has 1 saturated heterocycles. The van der Waals surface area contributed by atoms with Crippen molar-refractivity contribution in [1.29, 1.82) is 0 Å². The van der Waals surface area contributed by atoms with Crippen molar-refractivity contribution in [2.75, 3.05) is 33.7 Å². The van der Waals surface area contributed by atoms with Gasteiger partial charge in [0.2, 0.25) is 5.91 Å². The molecule has 6 heteroatoms. The van der Waals surface area contributed by atoms with Crippen molar-refractivity contribution < 1.29 is 4.79 Å². The number of halogens is 1. The molecule has 0 saturated carbocycles. The van der Waals surface area contributed by atoms with Crippen LogP contribution in [0.5, 0.6) is 0 Å². The van der Waals surface area contributed by atoms with Gasteiger partial charge in [-0.3, -0.25) is 4.79 Å². The standard InChI is InChI=1S/C14H28N4O.HI/c1-11(2)16-14(15-9-13(19)17(4)5)18-8-6-7-12(3)10-18;/h11-12H,6-10H2,1-5H3,(H,15,16);1H. The molecule has 0 aromatic rings. The molecule has 0 aromatic carbocycles. The highest BCUT2D eigenvalue weighted by atomic mass is 127. The molecule has 0 radical (unpaired) electrons. The smallest absolute Gasteiger partial charge is 0.243 e. The molecule has 0 bridgehead atoms. The average molecular weight is 396 g/mol. The summed E-state index contributed by atoms with van der Waals surface area (Å²) in [5.74, 6) is 1.60. The second kappa shape index (κ2) is 9.41. The maximum atomic E-state index is 11.7. The van der Waals surface area contributed by atoms with Crippen LogP contribution in [0.25, 0.3) is 0 Å². The van der Waals surface area contributed by atoms with Crippen LogP contribution < -0.4 is 5.32 Å². The van der Waals surface area contributed by atoms with Gasteiger partial charge in [-0.15, -0.1) is 24.0 Å². The van der Waals surface area contributed by atoms with E-state index in [1.807, 2.05) is 0 Å². The van der Waals surface area contributed by atoms with Gasteiger partial charge in [0.1, 0.15) is 6.54 Å². The lowest BCUT2D eigenvalue weighted by Crippen LogP contribution is -2.48. The zero-order chi connectivity index (χ0) is 14.4. The maximum absolute atomic E-state index is 11.7. The summed E-state index contributed by atoms with van der Waals surface area (Å²) < 4.78 is 0. The van der Waals surface area contributed by atoms with Gasteiger partial charge in [0.05, 0.1) is 0 Å². The molecule has 1 fully saturated rings. The normalized spacial score (nSPS) is 19.6. The summed E-state index contributed by atoms with van der Waals surface area (Å²) in [7, 11) is 3.52. The zero-order valence-corrected chi connectivity index (χ0v) is 15.7. The van der Waals surface area contributed by atoms with Gasteiger partial charge in [-0.1, -0.05) is 6.92 Å². The SMILES string of the molecule is CC1CCCN(C(=NCC(=O)N(C)C)NC(C)C)C1.I. The summed E-state index contributed by atoms with van der Waals surface area (Å²) in [4.78, 5) is 20.0. The number of guanidine groups is 1. The Balaban J connectivity index is 0.00000361. The van der Waals surface area contributed by atoms with Gasteiger partial charge in [-0.2, -0.15) is 0 Å². The minimum atomic E-state index is 0. The fraction of sp³-hybridized carbons (Fsp3) is 0.857. The lowest BCUT2D eigenvalue weighted by atomic mass is 10.0. The van der Waals surface area contributed by atoms with E-state index in [1.165, 1.54) is 12.8 Å². The summed E-state index contributed by atoms with van der Waals surface area (Å²) in [6.07, 6.45) is 2.48. The summed E-state index contributed by atoms with van der Waals surface area (Å²) in [6, 6.07) is 0.324. The van der Waals surface area contributed by atoms with E-state index in [9.17, 15) is 4.79 Å². The molecule has 0 spiro atoms. The summed E-state index contributed by atoms with van der Waals surface area (Å²) >= 11 is 0. The highest BCUT2D eigenvalue weighted by Crippen LogP contribution is 2.15. The highest BCUT2D eigenvalue weighted by molar-refractivity contribution is 14.0. The van der Waals surface area contributed by atoms with Gasteiger partial charge < -0.3 is 15.1 Å². The van der Waals surface area contributed by atoms with Crippen LogP contribution in [-0.2, 0) is 4.79 Å². The number of hydrogen-bond acceptors (Lipinski definition) is 2. The van der Waals surface area contributed by atoms with E-state index >= 15 is 0 Å². The number of aliphatic imine (C=N–C) groups is 1. The van der Waals surface area contributed by atoms with Crippen molar-refractivity contribution >= 4 is 35.8 Å². The van der Waals surface area contributed by atoms with Crippen molar-refractivity contribution in [2.24, 2.45) is 10.9 Å². The largest absolute Gasteiger partial charge is 0.354 e. The monoisotopic (exact) mass is 396 g/mol. The first-order valence-electron chi connectivity index (χ1n) is 7.16. The molecular formula is C14H29IN4O. The van der Waals surface area contributed by atoms with Gasteiger partial charge in [0.15, 0.2) is 5.96 Å². The molecule has 5 nitrogen and oxygen atoms in total. The Kier molecular flexibility index (Phi) is 9.16. The molecule has 0 aromatic heterocycles. The van der Waals surface area contributed by atoms with E-state index in [-0.39, 0.29) is 36.4 Å². The Morgan fingerprint density at radius 2 is 2.10 bits per heavy atom. The van der Waals surface area contributed by atoms with Crippen molar-refractivity contribution in [3.05, 3.63) is 0 Å². The predicted molar refractivity (Wildman–Crippen MR) is 94.7 cm³/mol.